The summed E-state index contributed by atoms with van der Waals surface area (Å²) in [7, 11) is 0. The highest BCUT2D eigenvalue weighted by Crippen LogP contribution is 2.34. The lowest BCUT2D eigenvalue weighted by atomic mass is 9.83. The van der Waals surface area contributed by atoms with Crippen LogP contribution in [0.2, 0.25) is 0 Å². The number of thioether (sulfide) groups is 1. The highest BCUT2D eigenvalue weighted by atomic mass is 32.2. The zero-order chi connectivity index (χ0) is 11.8. The van der Waals surface area contributed by atoms with Crippen molar-refractivity contribution < 1.29 is 0 Å². The van der Waals surface area contributed by atoms with Crippen LogP contribution in [-0.4, -0.2) is 10.5 Å². The minimum Gasteiger partial charge on any atom is -0.156 e. The first-order valence-electron chi connectivity index (χ1n) is 6.72. The minimum atomic E-state index is 0.771. The summed E-state index contributed by atoms with van der Waals surface area (Å²) >= 11 is 2.16. The molecule has 0 saturated carbocycles. The van der Waals surface area contributed by atoms with Crippen LogP contribution in [0.25, 0.3) is 0 Å². The van der Waals surface area contributed by atoms with Crippen molar-refractivity contribution in [3.8, 4) is 0 Å². The Morgan fingerprint density at radius 1 is 0.933 bits per heavy atom. The zero-order valence-corrected chi connectivity index (χ0v) is 12.4. The van der Waals surface area contributed by atoms with Gasteiger partial charge in [0.05, 0.1) is 0 Å². The van der Waals surface area contributed by atoms with Crippen LogP contribution in [0.4, 0.5) is 0 Å². The summed E-state index contributed by atoms with van der Waals surface area (Å²) in [6.45, 7) is 14.1. The van der Waals surface area contributed by atoms with E-state index in [1.165, 1.54) is 25.7 Å². The van der Waals surface area contributed by atoms with Crippen molar-refractivity contribution in [2.45, 2.75) is 77.7 Å². The maximum absolute atomic E-state index is 2.43. The monoisotopic (exact) mass is 230 g/mol. The van der Waals surface area contributed by atoms with Crippen LogP contribution in [0.1, 0.15) is 67.2 Å². The van der Waals surface area contributed by atoms with E-state index >= 15 is 0 Å². The van der Waals surface area contributed by atoms with Gasteiger partial charge in [0.15, 0.2) is 0 Å². The van der Waals surface area contributed by atoms with Gasteiger partial charge in [-0.15, -0.1) is 0 Å². The van der Waals surface area contributed by atoms with E-state index in [2.05, 4.69) is 53.3 Å². The molecule has 0 aromatic heterocycles. The number of hydrogen-bond donors (Lipinski definition) is 0. The normalized spacial score (nSPS) is 17.8. The lowest BCUT2D eigenvalue weighted by Crippen LogP contribution is -2.24. The Morgan fingerprint density at radius 3 is 1.87 bits per heavy atom. The topological polar surface area (TPSA) is 0 Å². The number of rotatable bonds is 8. The summed E-state index contributed by atoms with van der Waals surface area (Å²) in [6, 6.07) is 0. The van der Waals surface area contributed by atoms with E-state index in [-0.39, 0.29) is 0 Å². The third-order valence-corrected chi connectivity index (χ3v) is 4.67. The third kappa shape index (κ3) is 5.85. The van der Waals surface area contributed by atoms with Gasteiger partial charge >= 0.3 is 0 Å². The molecule has 0 aliphatic rings. The first-order chi connectivity index (χ1) is 7.06. The fraction of sp³-hybridized carbons (Fsp3) is 1.00. The summed E-state index contributed by atoms with van der Waals surface area (Å²) in [5.74, 6) is 1.86. The molecule has 0 amide bonds. The molecule has 0 fully saturated rings. The van der Waals surface area contributed by atoms with Crippen molar-refractivity contribution in [3.05, 3.63) is 0 Å². The second kappa shape index (κ2) is 8.50. The Hall–Kier alpha value is 0.350. The van der Waals surface area contributed by atoms with Crippen LogP contribution in [0, 0.1) is 11.8 Å². The molecule has 0 radical (unpaired) electrons. The van der Waals surface area contributed by atoms with Gasteiger partial charge in [-0.1, -0.05) is 67.2 Å². The Morgan fingerprint density at radius 2 is 1.53 bits per heavy atom. The fourth-order valence-electron chi connectivity index (χ4n) is 2.67. The number of hydrogen-bond acceptors (Lipinski definition) is 1. The smallest absolute Gasteiger partial charge is 0.00521 e. The zero-order valence-electron chi connectivity index (χ0n) is 11.5. The Balaban J connectivity index is 4.28. The van der Waals surface area contributed by atoms with Crippen molar-refractivity contribution in [1.82, 2.24) is 0 Å². The molecule has 0 N–H and O–H groups in total. The molecule has 0 aromatic carbocycles. The lowest BCUT2D eigenvalue weighted by Gasteiger charge is -2.31. The summed E-state index contributed by atoms with van der Waals surface area (Å²) in [4.78, 5) is 0. The van der Waals surface area contributed by atoms with Crippen molar-refractivity contribution in [3.63, 3.8) is 0 Å². The molecule has 0 nitrogen and oxygen atoms in total. The van der Waals surface area contributed by atoms with Crippen LogP contribution in [-0.2, 0) is 0 Å². The summed E-state index contributed by atoms with van der Waals surface area (Å²) in [6.07, 6.45) is 5.46. The average Bonchev–Trinajstić information content (AvgIpc) is 2.16. The molecule has 0 heterocycles. The van der Waals surface area contributed by atoms with Crippen LogP contribution < -0.4 is 0 Å². The van der Waals surface area contributed by atoms with E-state index < -0.39 is 0 Å². The van der Waals surface area contributed by atoms with Crippen LogP contribution in [0.15, 0.2) is 0 Å². The van der Waals surface area contributed by atoms with Gasteiger partial charge in [0.25, 0.3) is 0 Å². The van der Waals surface area contributed by atoms with E-state index in [0.717, 1.165) is 22.3 Å². The second-order valence-electron chi connectivity index (χ2n) is 4.92. The molecule has 15 heavy (non-hydrogen) atoms. The molecule has 0 spiro atoms. The maximum atomic E-state index is 2.43. The SMILES string of the molecule is CCCC(CC)C(CC)C(C)SC(C)C. The molecule has 3 atom stereocenters. The van der Waals surface area contributed by atoms with E-state index in [0.29, 0.717) is 0 Å². The van der Waals surface area contributed by atoms with Gasteiger partial charge in [-0.3, -0.25) is 0 Å². The highest BCUT2D eigenvalue weighted by Gasteiger charge is 2.24. The van der Waals surface area contributed by atoms with Gasteiger partial charge in [0.1, 0.15) is 0 Å². The highest BCUT2D eigenvalue weighted by molar-refractivity contribution is 8.00. The van der Waals surface area contributed by atoms with Crippen molar-refractivity contribution in [2.24, 2.45) is 11.8 Å². The third-order valence-electron chi connectivity index (χ3n) is 3.35. The van der Waals surface area contributed by atoms with Crippen LogP contribution in [0.3, 0.4) is 0 Å². The van der Waals surface area contributed by atoms with E-state index in [1.807, 2.05) is 0 Å². The van der Waals surface area contributed by atoms with Crippen molar-refractivity contribution in [2.75, 3.05) is 0 Å². The largest absolute Gasteiger partial charge is 0.156 e. The Labute approximate surface area is 102 Å². The van der Waals surface area contributed by atoms with Gasteiger partial charge < -0.3 is 0 Å². The van der Waals surface area contributed by atoms with E-state index in [9.17, 15) is 0 Å². The van der Waals surface area contributed by atoms with Gasteiger partial charge in [-0.05, 0) is 17.1 Å². The molecule has 1 heteroatoms. The van der Waals surface area contributed by atoms with Gasteiger partial charge in [-0.25, -0.2) is 0 Å². The predicted octanol–water partition coefficient (Wildman–Crippen LogP) is 5.37. The first kappa shape index (κ1) is 15.3. The summed E-state index contributed by atoms with van der Waals surface area (Å²) in [5, 5.41) is 1.60. The molecular weight excluding hydrogens is 200 g/mol. The van der Waals surface area contributed by atoms with Crippen LogP contribution >= 0.6 is 11.8 Å². The van der Waals surface area contributed by atoms with Gasteiger partial charge in [-0.2, -0.15) is 11.8 Å². The minimum absolute atomic E-state index is 0.771. The second-order valence-corrected chi connectivity index (χ2v) is 6.88. The fourth-order valence-corrected chi connectivity index (χ4v) is 4.15. The average molecular weight is 230 g/mol. The van der Waals surface area contributed by atoms with Gasteiger partial charge in [0, 0.05) is 5.25 Å². The molecule has 0 aromatic rings. The standard InChI is InChI=1S/C14H30S/c1-7-10-13(8-2)14(9-3)12(6)15-11(4)5/h11-14H,7-10H2,1-6H3. The first-order valence-corrected chi connectivity index (χ1v) is 7.66. The Bertz CT molecular complexity index is 142. The summed E-state index contributed by atoms with van der Waals surface area (Å²) in [5.41, 5.74) is 0. The molecule has 0 rings (SSSR count). The molecule has 0 aliphatic carbocycles. The molecule has 0 aliphatic heterocycles. The molecule has 92 valence electrons. The molecule has 3 unspecified atom stereocenters. The van der Waals surface area contributed by atoms with Crippen molar-refractivity contribution in [1.29, 1.82) is 0 Å². The van der Waals surface area contributed by atoms with E-state index in [1.54, 1.807) is 0 Å². The summed E-state index contributed by atoms with van der Waals surface area (Å²) < 4.78 is 0. The lowest BCUT2D eigenvalue weighted by molar-refractivity contribution is 0.291. The van der Waals surface area contributed by atoms with Crippen molar-refractivity contribution >= 4 is 11.8 Å². The van der Waals surface area contributed by atoms with Gasteiger partial charge in [0.2, 0.25) is 0 Å². The Kier molecular flexibility index (Phi) is 8.69. The molecule has 0 saturated heterocycles. The molecule has 0 bridgehead atoms. The maximum Gasteiger partial charge on any atom is 0.00521 e. The molecular formula is C14H30S. The predicted molar refractivity (Wildman–Crippen MR) is 74.7 cm³/mol. The quantitative estimate of drug-likeness (QED) is 0.540. The van der Waals surface area contributed by atoms with Crippen LogP contribution in [0.5, 0.6) is 0 Å². The van der Waals surface area contributed by atoms with E-state index in [4.69, 9.17) is 0 Å².